The number of aromatic nitrogens is 2. The number of amides is 2. The number of aliphatic hydroxyl groups excluding tert-OH is 1. The highest BCUT2D eigenvalue weighted by Crippen LogP contribution is 2.18. The molecule has 0 aliphatic heterocycles. The summed E-state index contributed by atoms with van der Waals surface area (Å²) in [6, 6.07) is 0.123. The number of hydrogen-bond acceptors (Lipinski definition) is 3. The quantitative estimate of drug-likeness (QED) is 0.852. The molecule has 2 N–H and O–H groups in total. The average molecular weight is 266 g/mol. The number of hydrogen-bond donors (Lipinski definition) is 2. The first-order valence-electron chi connectivity index (χ1n) is 6.72. The first-order valence-corrected chi connectivity index (χ1v) is 6.72. The van der Waals surface area contributed by atoms with E-state index in [1.807, 2.05) is 13.2 Å². The lowest BCUT2D eigenvalue weighted by molar-refractivity contribution is 0.115. The monoisotopic (exact) mass is 266 g/mol. The van der Waals surface area contributed by atoms with E-state index >= 15 is 0 Å². The molecule has 1 fully saturated rings. The Morgan fingerprint density at radius 1 is 1.53 bits per heavy atom. The van der Waals surface area contributed by atoms with Crippen LogP contribution in [0.3, 0.4) is 0 Å². The summed E-state index contributed by atoms with van der Waals surface area (Å²) in [6.45, 7) is 0.551. The summed E-state index contributed by atoms with van der Waals surface area (Å²) in [5.41, 5.74) is 1.01. The standard InChI is InChI=1S/C13H22N4O2/c1-16(8-10-7-14-17(2)9-10)13(19)15-11-3-5-12(18)6-4-11/h7,9,11-12,18H,3-6,8H2,1-2H3,(H,15,19). The van der Waals surface area contributed by atoms with Crippen LogP contribution in [0, 0.1) is 0 Å². The van der Waals surface area contributed by atoms with Gasteiger partial charge in [0.2, 0.25) is 0 Å². The largest absolute Gasteiger partial charge is 0.393 e. The van der Waals surface area contributed by atoms with Gasteiger partial charge in [0.15, 0.2) is 0 Å². The van der Waals surface area contributed by atoms with Crippen molar-refractivity contribution in [1.29, 1.82) is 0 Å². The second-order valence-corrected chi connectivity index (χ2v) is 5.33. The molecule has 0 saturated heterocycles. The van der Waals surface area contributed by atoms with Gasteiger partial charge in [0.25, 0.3) is 0 Å². The second kappa shape index (κ2) is 6.06. The summed E-state index contributed by atoms with van der Waals surface area (Å²) in [7, 11) is 3.64. The molecule has 106 valence electrons. The molecule has 0 spiro atoms. The number of carbonyl (C=O) groups is 1. The molecular weight excluding hydrogens is 244 g/mol. The fourth-order valence-corrected chi connectivity index (χ4v) is 2.40. The van der Waals surface area contributed by atoms with Gasteiger partial charge < -0.3 is 15.3 Å². The Morgan fingerprint density at radius 3 is 2.79 bits per heavy atom. The van der Waals surface area contributed by atoms with Crippen molar-refractivity contribution in [1.82, 2.24) is 20.0 Å². The molecule has 2 amide bonds. The zero-order chi connectivity index (χ0) is 13.8. The van der Waals surface area contributed by atoms with E-state index in [2.05, 4.69) is 10.4 Å². The van der Waals surface area contributed by atoms with Crippen molar-refractivity contribution in [2.75, 3.05) is 7.05 Å². The van der Waals surface area contributed by atoms with Crippen LogP contribution < -0.4 is 5.32 Å². The lowest BCUT2D eigenvalue weighted by atomic mass is 9.93. The lowest BCUT2D eigenvalue weighted by Crippen LogP contribution is -2.44. The molecular formula is C13H22N4O2. The maximum Gasteiger partial charge on any atom is 0.317 e. The number of rotatable bonds is 3. The van der Waals surface area contributed by atoms with Gasteiger partial charge in [-0.25, -0.2) is 4.79 Å². The predicted octanol–water partition coefficient (Wildman–Crippen LogP) is 0.865. The van der Waals surface area contributed by atoms with Gasteiger partial charge in [-0.3, -0.25) is 4.68 Å². The van der Waals surface area contributed by atoms with Crippen LogP contribution in [-0.4, -0.2) is 45.0 Å². The molecule has 0 radical (unpaired) electrons. The Bertz CT molecular complexity index is 424. The zero-order valence-electron chi connectivity index (χ0n) is 11.5. The molecule has 6 heteroatoms. The van der Waals surface area contributed by atoms with Gasteiger partial charge in [-0.05, 0) is 25.7 Å². The van der Waals surface area contributed by atoms with E-state index in [4.69, 9.17) is 0 Å². The Balaban J connectivity index is 1.79. The average Bonchev–Trinajstić information content (AvgIpc) is 2.77. The van der Waals surface area contributed by atoms with Crippen molar-refractivity contribution in [3.8, 4) is 0 Å². The third-order valence-electron chi connectivity index (χ3n) is 3.55. The smallest absolute Gasteiger partial charge is 0.317 e. The molecule has 0 bridgehead atoms. The first-order chi connectivity index (χ1) is 9.04. The summed E-state index contributed by atoms with van der Waals surface area (Å²) in [5, 5.41) is 16.5. The van der Waals surface area contributed by atoms with Crippen molar-refractivity contribution in [2.24, 2.45) is 7.05 Å². The fraction of sp³-hybridized carbons (Fsp3) is 0.692. The van der Waals surface area contributed by atoms with E-state index in [-0.39, 0.29) is 18.2 Å². The highest BCUT2D eigenvalue weighted by atomic mass is 16.3. The van der Waals surface area contributed by atoms with E-state index in [0.29, 0.717) is 6.54 Å². The van der Waals surface area contributed by atoms with Crippen molar-refractivity contribution < 1.29 is 9.90 Å². The van der Waals surface area contributed by atoms with Gasteiger partial charge >= 0.3 is 6.03 Å². The van der Waals surface area contributed by atoms with Crippen LogP contribution >= 0.6 is 0 Å². The van der Waals surface area contributed by atoms with Gasteiger partial charge in [-0.2, -0.15) is 5.10 Å². The van der Waals surface area contributed by atoms with Crippen LogP contribution in [0.15, 0.2) is 12.4 Å². The van der Waals surface area contributed by atoms with E-state index in [9.17, 15) is 9.90 Å². The van der Waals surface area contributed by atoms with Gasteiger partial charge in [0.1, 0.15) is 0 Å². The SMILES string of the molecule is CN(Cc1cnn(C)c1)C(=O)NC1CCC(O)CC1. The molecule has 0 unspecified atom stereocenters. The third-order valence-corrected chi connectivity index (χ3v) is 3.55. The van der Waals surface area contributed by atoms with Gasteiger partial charge in [-0.1, -0.05) is 0 Å². The maximum atomic E-state index is 12.0. The minimum Gasteiger partial charge on any atom is -0.393 e. The van der Waals surface area contributed by atoms with Gasteiger partial charge in [0.05, 0.1) is 18.8 Å². The molecule has 1 aromatic heterocycles. The fourth-order valence-electron chi connectivity index (χ4n) is 2.40. The van der Waals surface area contributed by atoms with Crippen LogP contribution in [0.2, 0.25) is 0 Å². The molecule has 1 aliphatic carbocycles. The van der Waals surface area contributed by atoms with Crippen molar-refractivity contribution in [2.45, 2.75) is 44.4 Å². The minimum atomic E-state index is -0.193. The normalized spacial score (nSPS) is 23.1. The molecule has 1 saturated carbocycles. The summed E-state index contributed by atoms with van der Waals surface area (Å²) in [4.78, 5) is 13.7. The van der Waals surface area contributed by atoms with E-state index in [0.717, 1.165) is 31.2 Å². The third kappa shape index (κ3) is 3.96. The highest BCUT2D eigenvalue weighted by Gasteiger charge is 2.22. The number of nitrogens with zero attached hydrogens (tertiary/aromatic N) is 3. The number of aryl methyl sites for hydroxylation is 1. The topological polar surface area (TPSA) is 70.4 Å². The van der Waals surface area contributed by atoms with Crippen molar-refractivity contribution in [3.63, 3.8) is 0 Å². The van der Waals surface area contributed by atoms with E-state index in [1.54, 1.807) is 22.8 Å². The second-order valence-electron chi connectivity index (χ2n) is 5.33. The maximum absolute atomic E-state index is 12.0. The number of carbonyl (C=O) groups excluding carboxylic acids is 1. The number of nitrogens with one attached hydrogen (secondary N) is 1. The number of aliphatic hydroxyl groups is 1. The first kappa shape index (κ1) is 13.9. The summed E-state index contributed by atoms with van der Waals surface area (Å²) >= 11 is 0. The molecule has 2 rings (SSSR count). The van der Waals surface area contributed by atoms with Crippen LogP contribution in [-0.2, 0) is 13.6 Å². The summed E-state index contributed by atoms with van der Waals surface area (Å²) in [6.07, 6.45) is 6.73. The van der Waals surface area contributed by atoms with E-state index in [1.165, 1.54) is 0 Å². The van der Waals surface area contributed by atoms with Crippen molar-refractivity contribution in [3.05, 3.63) is 18.0 Å². The molecule has 0 atom stereocenters. The lowest BCUT2D eigenvalue weighted by Gasteiger charge is -2.28. The highest BCUT2D eigenvalue weighted by molar-refractivity contribution is 5.74. The zero-order valence-corrected chi connectivity index (χ0v) is 11.5. The molecule has 6 nitrogen and oxygen atoms in total. The van der Waals surface area contributed by atoms with Gasteiger partial charge in [0, 0.05) is 31.9 Å². The van der Waals surface area contributed by atoms with Crippen LogP contribution in [0.25, 0.3) is 0 Å². The van der Waals surface area contributed by atoms with Gasteiger partial charge in [-0.15, -0.1) is 0 Å². The summed E-state index contributed by atoms with van der Waals surface area (Å²) in [5.74, 6) is 0. The Labute approximate surface area is 113 Å². The molecule has 1 aliphatic rings. The Morgan fingerprint density at radius 2 is 2.21 bits per heavy atom. The van der Waals surface area contributed by atoms with Crippen LogP contribution in [0.5, 0.6) is 0 Å². The Hall–Kier alpha value is -1.56. The predicted molar refractivity (Wildman–Crippen MR) is 71.5 cm³/mol. The molecule has 1 heterocycles. The van der Waals surface area contributed by atoms with Crippen LogP contribution in [0.1, 0.15) is 31.2 Å². The van der Waals surface area contributed by atoms with E-state index < -0.39 is 0 Å². The molecule has 0 aromatic carbocycles. The minimum absolute atomic E-state index is 0.0646. The van der Waals surface area contributed by atoms with Crippen LogP contribution in [0.4, 0.5) is 4.79 Å². The molecule has 19 heavy (non-hydrogen) atoms. The Kier molecular flexibility index (Phi) is 4.42. The molecule has 1 aromatic rings. The number of urea groups is 1. The summed E-state index contributed by atoms with van der Waals surface area (Å²) < 4.78 is 1.73. The van der Waals surface area contributed by atoms with Crippen molar-refractivity contribution >= 4 is 6.03 Å².